The second kappa shape index (κ2) is 6.74. The van der Waals surface area contributed by atoms with E-state index in [0.717, 1.165) is 49.0 Å². The molecule has 0 bridgehead atoms. The predicted octanol–water partition coefficient (Wildman–Crippen LogP) is 2.75. The number of halogens is 1. The van der Waals surface area contributed by atoms with Crippen LogP contribution in [0.4, 0.5) is 5.69 Å². The maximum atomic E-state index is 6.12. The Morgan fingerprint density at radius 1 is 1.30 bits per heavy atom. The number of hydrogen-bond acceptors (Lipinski definition) is 3. The summed E-state index contributed by atoms with van der Waals surface area (Å²) in [6.07, 6.45) is 0. The number of thiocarbonyl (C=S) groups is 1. The molecule has 0 radical (unpaired) electrons. The Kier molecular flexibility index (Phi) is 5.24. The average Bonchev–Trinajstić information content (AvgIpc) is 2.38. The zero-order chi connectivity index (χ0) is 14.7. The molecule has 1 heterocycles. The van der Waals surface area contributed by atoms with Crippen LogP contribution in [0.25, 0.3) is 0 Å². The van der Waals surface area contributed by atoms with Gasteiger partial charge in [-0.2, -0.15) is 0 Å². The van der Waals surface area contributed by atoms with Gasteiger partial charge in [0.2, 0.25) is 0 Å². The molecule has 0 aliphatic carbocycles. The average molecular weight is 312 g/mol. The van der Waals surface area contributed by atoms with Crippen molar-refractivity contribution in [1.82, 2.24) is 4.90 Å². The topological polar surface area (TPSA) is 32.5 Å². The minimum absolute atomic E-state index is 0.432. The van der Waals surface area contributed by atoms with Gasteiger partial charge in [-0.15, -0.1) is 0 Å². The fraction of sp³-hybridized carbons (Fsp3) is 0.533. The highest BCUT2D eigenvalue weighted by Gasteiger charge is 2.20. The van der Waals surface area contributed by atoms with E-state index in [-0.39, 0.29) is 0 Å². The number of anilines is 1. The summed E-state index contributed by atoms with van der Waals surface area (Å²) >= 11 is 11.3. The number of benzene rings is 1. The molecule has 3 nitrogen and oxygen atoms in total. The summed E-state index contributed by atoms with van der Waals surface area (Å²) < 4.78 is 0. The monoisotopic (exact) mass is 311 g/mol. The van der Waals surface area contributed by atoms with Crippen molar-refractivity contribution in [2.75, 3.05) is 37.6 Å². The summed E-state index contributed by atoms with van der Waals surface area (Å²) in [5.41, 5.74) is 7.80. The molecule has 2 rings (SSSR count). The first kappa shape index (κ1) is 15.5. The van der Waals surface area contributed by atoms with Gasteiger partial charge in [0.15, 0.2) is 0 Å². The molecule has 0 spiro atoms. The van der Waals surface area contributed by atoms with E-state index < -0.39 is 0 Å². The molecule has 1 aromatic carbocycles. The molecule has 1 saturated heterocycles. The molecule has 20 heavy (non-hydrogen) atoms. The number of nitrogens with zero attached hydrogens (tertiary/aromatic N) is 2. The Morgan fingerprint density at radius 3 is 2.50 bits per heavy atom. The van der Waals surface area contributed by atoms with Gasteiger partial charge >= 0.3 is 0 Å². The van der Waals surface area contributed by atoms with Crippen molar-refractivity contribution in [2.24, 2.45) is 11.7 Å². The van der Waals surface area contributed by atoms with Crippen molar-refractivity contribution >= 4 is 34.5 Å². The Hall–Kier alpha value is -0.840. The number of piperazine rings is 1. The van der Waals surface area contributed by atoms with E-state index in [1.165, 1.54) is 0 Å². The molecule has 0 saturated carbocycles. The van der Waals surface area contributed by atoms with Crippen LogP contribution in [-0.2, 0) is 0 Å². The summed E-state index contributed by atoms with van der Waals surface area (Å²) in [7, 11) is 0. The van der Waals surface area contributed by atoms with Crippen molar-refractivity contribution < 1.29 is 0 Å². The second-order valence-electron chi connectivity index (χ2n) is 5.71. The first-order valence-electron chi connectivity index (χ1n) is 7.04. The Labute approximate surface area is 131 Å². The van der Waals surface area contributed by atoms with Crippen LogP contribution in [-0.4, -0.2) is 42.6 Å². The molecule has 0 unspecified atom stereocenters. The van der Waals surface area contributed by atoms with Crippen molar-refractivity contribution in [3.8, 4) is 0 Å². The van der Waals surface area contributed by atoms with Crippen LogP contribution in [0.15, 0.2) is 18.2 Å². The fourth-order valence-corrected chi connectivity index (χ4v) is 3.00. The van der Waals surface area contributed by atoms with Crippen LogP contribution < -0.4 is 10.6 Å². The molecule has 1 aromatic rings. The Bertz CT molecular complexity index is 482. The number of hydrogen-bond donors (Lipinski definition) is 1. The van der Waals surface area contributed by atoms with Crippen molar-refractivity contribution in [1.29, 1.82) is 0 Å². The largest absolute Gasteiger partial charge is 0.389 e. The lowest BCUT2D eigenvalue weighted by Crippen LogP contribution is -2.47. The summed E-state index contributed by atoms with van der Waals surface area (Å²) in [5.74, 6) is 0.708. The van der Waals surface area contributed by atoms with Crippen LogP contribution >= 0.6 is 23.8 Å². The molecular formula is C15H22ClN3S. The molecule has 5 heteroatoms. The third kappa shape index (κ3) is 3.84. The van der Waals surface area contributed by atoms with Gasteiger partial charge in [-0.25, -0.2) is 0 Å². The predicted molar refractivity (Wildman–Crippen MR) is 90.8 cm³/mol. The quantitative estimate of drug-likeness (QED) is 0.867. The lowest BCUT2D eigenvalue weighted by Gasteiger charge is -2.37. The highest BCUT2D eigenvalue weighted by molar-refractivity contribution is 7.80. The van der Waals surface area contributed by atoms with Gasteiger partial charge in [0, 0.05) is 49.0 Å². The van der Waals surface area contributed by atoms with Gasteiger partial charge in [-0.1, -0.05) is 37.7 Å². The molecule has 1 aliphatic heterocycles. The highest BCUT2D eigenvalue weighted by Crippen LogP contribution is 2.26. The van der Waals surface area contributed by atoms with Crippen molar-refractivity contribution in [3.63, 3.8) is 0 Å². The normalized spacial score (nSPS) is 16.7. The van der Waals surface area contributed by atoms with E-state index in [2.05, 4.69) is 23.6 Å². The van der Waals surface area contributed by atoms with E-state index in [4.69, 9.17) is 29.6 Å². The molecule has 1 fully saturated rings. The van der Waals surface area contributed by atoms with Crippen LogP contribution in [0.2, 0.25) is 5.02 Å². The van der Waals surface area contributed by atoms with E-state index in [9.17, 15) is 0 Å². The minimum atomic E-state index is 0.432. The lowest BCUT2D eigenvalue weighted by molar-refractivity contribution is 0.231. The molecule has 110 valence electrons. The highest BCUT2D eigenvalue weighted by atomic mass is 35.5. The first-order chi connectivity index (χ1) is 9.47. The maximum absolute atomic E-state index is 6.12. The molecule has 0 atom stereocenters. The summed E-state index contributed by atoms with van der Waals surface area (Å²) in [5, 5.41) is 0.726. The number of rotatable bonds is 4. The molecule has 0 amide bonds. The van der Waals surface area contributed by atoms with E-state index in [0.29, 0.717) is 10.9 Å². The third-order valence-corrected chi connectivity index (χ3v) is 4.02. The first-order valence-corrected chi connectivity index (χ1v) is 7.82. The van der Waals surface area contributed by atoms with Crippen molar-refractivity contribution in [3.05, 3.63) is 28.8 Å². The van der Waals surface area contributed by atoms with Crippen LogP contribution in [0.5, 0.6) is 0 Å². The minimum Gasteiger partial charge on any atom is -0.389 e. The second-order valence-corrected chi connectivity index (χ2v) is 6.58. The van der Waals surface area contributed by atoms with Gasteiger partial charge in [0.05, 0.1) is 0 Å². The van der Waals surface area contributed by atoms with Gasteiger partial charge < -0.3 is 10.6 Å². The SMILES string of the molecule is CC(C)CN1CCN(c2cc(Cl)ccc2C(N)=S)CC1. The van der Waals surface area contributed by atoms with E-state index in [1.807, 2.05) is 18.2 Å². The zero-order valence-electron chi connectivity index (χ0n) is 12.1. The van der Waals surface area contributed by atoms with Crippen LogP contribution in [0.1, 0.15) is 19.4 Å². The zero-order valence-corrected chi connectivity index (χ0v) is 13.7. The summed E-state index contributed by atoms with van der Waals surface area (Å²) in [4.78, 5) is 5.27. The van der Waals surface area contributed by atoms with Crippen LogP contribution in [0, 0.1) is 5.92 Å². The molecule has 1 aliphatic rings. The van der Waals surface area contributed by atoms with E-state index in [1.54, 1.807) is 0 Å². The molecule has 2 N–H and O–H groups in total. The Morgan fingerprint density at radius 2 is 1.95 bits per heavy atom. The van der Waals surface area contributed by atoms with Gasteiger partial charge in [-0.05, 0) is 24.1 Å². The summed E-state index contributed by atoms with van der Waals surface area (Å²) in [6.45, 7) is 9.79. The third-order valence-electron chi connectivity index (χ3n) is 3.56. The lowest BCUT2D eigenvalue weighted by atomic mass is 10.1. The van der Waals surface area contributed by atoms with E-state index >= 15 is 0 Å². The molecular weight excluding hydrogens is 290 g/mol. The van der Waals surface area contributed by atoms with Gasteiger partial charge in [0.25, 0.3) is 0 Å². The van der Waals surface area contributed by atoms with Gasteiger partial charge in [-0.3, -0.25) is 4.90 Å². The standard InChI is InChI=1S/C15H22ClN3S/c1-11(2)10-18-5-7-19(8-6-18)14-9-12(16)3-4-13(14)15(17)20/h3-4,9,11H,5-8,10H2,1-2H3,(H2,17,20). The number of nitrogens with two attached hydrogens (primary N) is 1. The van der Waals surface area contributed by atoms with Gasteiger partial charge in [0.1, 0.15) is 4.99 Å². The smallest absolute Gasteiger partial charge is 0.106 e. The van der Waals surface area contributed by atoms with Crippen molar-refractivity contribution in [2.45, 2.75) is 13.8 Å². The summed E-state index contributed by atoms with van der Waals surface area (Å²) in [6, 6.07) is 5.73. The maximum Gasteiger partial charge on any atom is 0.106 e. The molecule has 0 aromatic heterocycles. The van der Waals surface area contributed by atoms with Crippen LogP contribution in [0.3, 0.4) is 0 Å². The fourth-order valence-electron chi connectivity index (χ4n) is 2.66. The Balaban J connectivity index is 2.10.